The van der Waals surface area contributed by atoms with E-state index < -0.39 is 0 Å². The van der Waals surface area contributed by atoms with Gasteiger partial charge in [-0.1, -0.05) is 12.1 Å². The monoisotopic (exact) mass is 385 g/mol. The van der Waals surface area contributed by atoms with E-state index in [-0.39, 0.29) is 11.9 Å². The lowest BCUT2D eigenvalue weighted by atomic mass is 10.0. The first kappa shape index (κ1) is 20.0. The van der Waals surface area contributed by atoms with E-state index in [1.807, 2.05) is 41.3 Å². The predicted molar refractivity (Wildman–Crippen MR) is 107 cm³/mol. The number of ether oxygens (including phenoxy) is 4. The third-order valence-corrected chi connectivity index (χ3v) is 5.14. The van der Waals surface area contributed by atoms with Gasteiger partial charge in [0, 0.05) is 13.7 Å². The normalized spacial score (nSPS) is 16.1. The van der Waals surface area contributed by atoms with Crippen LogP contribution < -0.4 is 14.2 Å². The molecule has 1 atom stereocenters. The number of carbonyl (C=O) groups is 1. The molecule has 2 aromatic carbocycles. The number of hydrogen-bond donors (Lipinski definition) is 0. The van der Waals surface area contributed by atoms with Gasteiger partial charge in [-0.05, 0) is 48.2 Å². The van der Waals surface area contributed by atoms with Gasteiger partial charge in [0.25, 0.3) is 5.91 Å². The molecule has 1 aliphatic rings. The molecule has 2 aromatic rings. The molecule has 0 radical (unpaired) electrons. The average molecular weight is 385 g/mol. The van der Waals surface area contributed by atoms with Crippen molar-refractivity contribution >= 4 is 5.91 Å². The maximum Gasteiger partial charge on any atom is 0.257 e. The van der Waals surface area contributed by atoms with E-state index in [2.05, 4.69) is 0 Å². The lowest BCUT2D eigenvalue weighted by Gasteiger charge is -2.25. The molecule has 1 fully saturated rings. The number of benzene rings is 2. The molecule has 0 spiro atoms. The summed E-state index contributed by atoms with van der Waals surface area (Å²) in [6.45, 7) is 1.28. The minimum absolute atomic E-state index is 0.0290. The Bertz CT molecular complexity index is 836. The van der Waals surface area contributed by atoms with Crippen LogP contribution in [0.4, 0.5) is 0 Å². The molecule has 0 unspecified atom stereocenters. The summed E-state index contributed by atoms with van der Waals surface area (Å²) in [6.07, 6.45) is 1.94. The van der Waals surface area contributed by atoms with Crippen LogP contribution in [0.3, 0.4) is 0 Å². The Morgan fingerprint density at radius 3 is 2.21 bits per heavy atom. The Balaban J connectivity index is 1.97. The maximum atomic E-state index is 13.3. The van der Waals surface area contributed by atoms with Crippen molar-refractivity contribution < 1.29 is 23.7 Å². The molecule has 0 N–H and O–H groups in total. The summed E-state index contributed by atoms with van der Waals surface area (Å²) >= 11 is 0. The number of methoxy groups -OCH3 is 4. The fraction of sp³-hybridized carbons (Fsp3) is 0.409. The van der Waals surface area contributed by atoms with Crippen molar-refractivity contribution in [3.8, 4) is 28.4 Å². The van der Waals surface area contributed by atoms with Gasteiger partial charge in [-0.25, -0.2) is 0 Å². The first-order valence-electron chi connectivity index (χ1n) is 9.33. The van der Waals surface area contributed by atoms with Crippen molar-refractivity contribution in [1.82, 2.24) is 4.90 Å². The molecule has 1 saturated heterocycles. The van der Waals surface area contributed by atoms with Crippen molar-refractivity contribution in [3.63, 3.8) is 0 Å². The molecule has 0 bridgehead atoms. The number of amides is 1. The van der Waals surface area contributed by atoms with Crippen LogP contribution in [-0.2, 0) is 4.74 Å². The van der Waals surface area contributed by atoms with Gasteiger partial charge in [0.2, 0.25) is 0 Å². The fourth-order valence-electron chi connectivity index (χ4n) is 3.69. The lowest BCUT2D eigenvalue weighted by Crippen LogP contribution is -2.38. The molecule has 3 rings (SSSR count). The smallest absolute Gasteiger partial charge is 0.257 e. The summed E-state index contributed by atoms with van der Waals surface area (Å²) in [5.41, 5.74) is 2.40. The minimum atomic E-state index is -0.0290. The Kier molecular flexibility index (Phi) is 6.41. The van der Waals surface area contributed by atoms with E-state index in [0.29, 0.717) is 29.4 Å². The molecular formula is C22H27NO5. The first-order chi connectivity index (χ1) is 13.6. The van der Waals surface area contributed by atoms with Gasteiger partial charge in [0.15, 0.2) is 11.5 Å². The Morgan fingerprint density at radius 1 is 0.929 bits per heavy atom. The largest absolute Gasteiger partial charge is 0.496 e. The van der Waals surface area contributed by atoms with Gasteiger partial charge in [-0.3, -0.25) is 4.79 Å². The summed E-state index contributed by atoms with van der Waals surface area (Å²) in [5.74, 6) is 1.84. The number of carbonyl (C=O) groups excluding carboxylic acids is 1. The summed E-state index contributed by atoms with van der Waals surface area (Å²) in [4.78, 5) is 15.2. The van der Waals surface area contributed by atoms with E-state index in [9.17, 15) is 4.79 Å². The third-order valence-electron chi connectivity index (χ3n) is 5.14. The summed E-state index contributed by atoms with van der Waals surface area (Å²) < 4.78 is 21.5. The van der Waals surface area contributed by atoms with Gasteiger partial charge in [0.05, 0.1) is 39.5 Å². The highest BCUT2D eigenvalue weighted by Gasteiger charge is 2.31. The molecule has 1 aliphatic heterocycles. The maximum absolute atomic E-state index is 13.3. The SMILES string of the molecule is COC[C@@H]1CCCN1C(=O)c1cc(-c2ccc(OC)c(OC)c2)ccc1OC. The summed E-state index contributed by atoms with van der Waals surface area (Å²) in [6, 6.07) is 11.5. The number of hydrogen-bond acceptors (Lipinski definition) is 5. The van der Waals surface area contributed by atoms with Crippen LogP contribution in [0, 0.1) is 0 Å². The second-order valence-corrected chi connectivity index (χ2v) is 6.73. The van der Waals surface area contributed by atoms with Crippen molar-refractivity contribution in [2.24, 2.45) is 0 Å². The predicted octanol–water partition coefficient (Wildman–Crippen LogP) is 3.63. The zero-order valence-electron chi connectivity index (χ0n) is 16.9. The van der Waals surface area contributed by atoms with Crippen LogP contribution in [0.5, 0.6) is 17.2 Å². The van der Waals surface area contributed by atoms with E-state index in [4.69, 9.17) is 18.9 Å². The van der Waals surface area contributed by atoms with Crippen molar-refractivity contribution in [3.05, 3.63) is 42.0 Å². The van der Waals surface area contributed by atoms with Crippen LogP contribution in [0.15, 0.2) is 36.4 Å². The topological polar surface area (TPSA) is 57.2 Å². The molecule has 28 heavy (non-hydrogen) atoms. The molecule has 150 valence electrons. The standard InChI is InChI=1S/C22H27NO5/c1-25-14-17-6-5-11-23(17)22(24)18-12-15(7-9-19(18)26-2)16-8-10-20(27-3)21(13-16)28-4/h7-10,12-13,17H,5-6,11,14H2,1-4H3/t17-/m0/s1. The van der Waals surface area contributed by atoms with Crippen molar-refractivity contribution in [2.45, 2.75) is 18.9 Å². The number of likely N-dealkylation sites (tertiary alicyclic amines) is 1. The number of rotatable bonds is 7. The van der Waals surface area contributed by atoms with Gasteiger partial charge >= 0.3 is 0 Å². The second-order valence-electron chi connectivity index (χ2n) is 6.73. The van der Waals surface area contributed by atoms with Crippen LogP contribution in [-0.4, -0.2) is 58.4 Å². The van der Waals surface area contributed by atoms with E-state index >= 15 is 0 Å². The van der Waals surface area contributed by atoms with Gasteiger partial charge in [-0.15, -0.1) is 0 Å². The highest BCUT2D eigenvalue weighted by molar-refractivity contribution is 5.98. The number of nitrogens with zero attached hydrogens (tertiary/aromatic N) is 1. The highest BCUT2D eigenvalue weighted by Crippen LogP contribution is 2.35. The minimum Gasteiger partial charge on any atom is -0.496 e. The van der Waals surface area contributed by atoms with E-state index in [1.165, 1.54) is 0 Å². The molecule has 0 aromatic heterocycles. The molecular weight excluding hydrogens is 358 g/mol. The average Bonchev–Trinajstić information content (AvgIpc) is 3.20. The van der Waals surface area contributed by atoms with E-state index in [0.717, 1.165) is 30.5 Å². The second kappa shape index (κ2) is 8.97. The van der Waals surface area contributed by atoms with Crippen LogP contribution >= 0.6 is 0 Å². The first-order valence-corrected chi connectivity index (χ1v) is 9.33. The van der Waals surface area contributed by atoms with Crippen LogP contribution in [0.1, 0.15) is 23.2 Å². The van der Waals surface area contributed by atoms with Gasteiger partial charge in [-0.2, -0.15) is 0 Å². The molecule has 6 nitrogen and oxygen atoms in total. The quantitative estimate of drug-likeness (QED) is 0.728. The van der Waals surface area contributed by atoms with E-state index in [1.54, 1.807) is 28.4 Å². The highest BCUT2D eigenvalue weighted by atomic mass is 16.5. The molecule has 0 aliphatic carbocycles. The van der Waals surface area contributed by atoms with Crippen LogP contribution in [0.25, 0.3) is 11.1 Å². The molecule has 6 heteroatoms. The Labute approximate surface area is 166 Å². The fourth-order valence-corrected chi connectivity index (χ4v) is 3.69. The molecule has 1 heterocycles. The molecule has 1 amide bonds. The molecule has 0 saturated carbocycles. The third kappa shape index (κ3) is 3.92. The zero-order valence-corrected chi connectivity index (χ0v) is 16.9. The Morgan fingerprint density at radius 2 is 1.57 bits per heavy atom. The van der Waals surface area contributed by atoms with Gasteiger partial charge < -0.3 is 23.8 Å². The Hall–Kier alpha value is -2.73. The summed E-state index contributed by atoms with van der Waals surface area (Å²) in [7, 11) is 6.46. The van der Waals surface area contributed by atoms with Crippen molar-refractivity contribution in [2.75, 3.05) is 41.6 Å². The van der Waals surface area contributed by atoms with Crippen LogP contribution in [0.2, 0.25) is 0 Å². The van der Waals surface area contributed by atoms with Crippen molar-refractivity contribution in [1.29, 1.82) is 0 Å². The summed E-state index contributed by atoms with van der Waals surface area (Å²) in [5, 5.41) is 0. The zero-order chi connectivity index (χ0) is 20.1. The lowest BCUT2D eigenvalue weighted by molar-refractivity contribution is 0.0627. The van der Waals surface area contributed by atoms with Gasteiger partial charge in [0.1, 0.15) is 5.75 Å².